The molecule has 1 aliphatic carbocycles. The van der Waals surface area contributed by atoms with Gasteiger partial charge < -0.3 is 9.80 Å². The van der Waals surface area contributed by atoms with Crippen LogP contribution < -0.4 is 0 Å². The number of likely N-dealkylation sites (tertiary alicyclic amines) is 1. The van der Waals surface area contributed by atoms with Gasteiger partial charge in [0.25, 0.3) is 0 Å². The van der Waals surface area contributed by atoms with Gasteiger partial charge in [0.05, 0.1) is 0 Å². The number of carbonyl (C=O) groups is 1. The van der Waals surface area contributed by atoms with E-state index < -0.39 is 0 Å². The van der Waals surface area contributed by atoms with Crippen LogP contribution in [-0.2, 0) is 4.79 Å². The standard InChI is InChI=1S/C18H33N3O/c1-19-14-16(8-9-18(19)22)15-20-10-5-11-21(13-12-20)17-6-3-2-4-7-17/h16-17H,2-15H2,1H3. The van der Waals surface area contributed by atoms with E-state index in [1.54, 1.807) is 0 Å². The molecule has 2 heterocycles. The molecule has 1 amide bonds. The molecule has 22 heavy (non-hydrogen) atoms. The summed E-state index contributed by atoms with van der Waals surface area (Å²) in [5.74, 6) is 1.01. The van der Waals surface area contributed by atoms with Crippen molar-refractivity contribution in [2.75, 3.05) is 46.3 Å². The lowest BCUT2D eigenvalue weighted by Crippen LogP contribution is -2.43. The van der Waals surface area contributed by atoms with Gasteiger partial charge in [-0.05, 0) is 44.7 Å². The molecule has 1 saturated carbocycles. The summed E-state index contributed by atoms with van der Waals surface area (Å²) in [7, 11) is 1.96. The van der Waals surface area contributed by atoms with Crippen molar-refractivity contribution in [2.45, 2.75) is 57.4 Å². The smallest absolute Gasteiger partial charge is 0.222 e. The van der Waals surface area contributed by atoms with E-state index in [1.807, 2.05) is 11.9 Å². The number of carbonyl (C=O) groups excluding carboxylic acids is 1. The van der Waals surface area contributed by atoms with E-state index >= 15 is 0 Å². The molecule has 126 valence electrons. The van der Waals surface area contributed by atoms with Gasteiger partial charge >= 0.3 is 0 Å². The van der Waals surface area contributed by atoms with E-state index in [4.69, 9.17) is 0 Å². The van der Waals surface area contributed by atoms with Crippen molar-refractivity contribution in [3.05, 3.63) is 0 Å². The molecule has 1 unspecified atom stereocenters. The normalized spacial score (nSPS) is 30.5. The predicted octanol–water partition coefficient (Wildman–Crippen LogP) is 2.20. The first kappa shape index (κ1) is 16.3. The Balaban J connectivity index is 1.45. The molecule has 0 aromatic carbocycles. The minimum atomic E-state index is 0.329. The van der Waals surface area contributed by atoms with Crippen LogP contribution >= 0.6 is 0 Å². The zero-order valence-corrected chi connectivity index (χ0v) is 14.3. The molecule has 3 aliphatic rings. The summed E-state index contributed by atoms with van der Waals surface area (Å²) in [6.45, 7) is 7.18. The fraction of sp³-hybridized carbons (Fsp3) is 0.944. The Bertz CT molecular complexity index is 367. The summed E-state index contributed by atoms with van der Waals surface area (Å²) in [6.07, 6.45) is 10.3. The van der Waals surface area contributed by atoms with Gasteiger partial charge in [0.2, 0.25) is 5.91 Å². The second kappa shape index (κ2) is 7.78. The SMILES string of the molecule is CN1CC(CN2CCCN(C3CCCCC3)CC2)CCC1=O. The molecule has 0 radical (unpaired) electrons. The van der Waals surface area contributed by atoms with E-state index in [9.17, 15) is 4.79 Å². The second-order valence-corrected chi connectivity index (χ2v) is 7.66. The Labute approximate surface area is 135 Å². The molecule has 1 atom stereocenters. The minimum absolute atomic E-state index is 0.329. The molecule has 0 N–H and O–H groups in total. The first-order chi connectivity index (χ1) is 10.7. The highest BCUT2D eigenvalue weighted by molar-refractivity contribution is 5.76. The molecule has 0 aromatic rings. The predicted molar refractivity (Wildman–Crippen MR) is 89.9 cm³/mol. The van der Waals surface area contributed by atoms with Crippen LogP contribution in [0.2, 0.25) is 0 Å². The Morgan fingerprint density at radius 1 is 0.955 bits per heavy atom. The van der Waals surface area contributed by atoms with E-state index in [0.29, 0.717) is 11.8 Å². The quantitative estimate of drug-likeness (QED) is 0.800. The molecular weight excluding hydrogens is 274 g/mol. The van der Waals surface area contributed by atoms with Crippen LogP contribution in [0.15, 0.2) is 0 Å². The molecule has 4 heteroatoms. The number of rotatable bonds is 3. The number of amides is 1. The lowest BCUT2D eigenvalue weighted by atomic mass is 9.94. The molecular formula is C18H33N3O. The molecule has 2 aliphatic heterocycles. The van der Waals surface area contributed by atoms with Crippen molar-refractivity contribution >= 4 is 5.91 Å². The molecule has 4 nitrogen and oxygen atoms in total. The van der Waals surface area contributed by atoms with Gasteiger partial charge in [0.15, 0.2) is 0 Å². The van der Waals surface area contributed by atoms with E-state index in [0.717, 1.165) is 25.4 Å². The summed E-state index contributed by atoms with van der Waals surface area (Å²) < 4.78 is 0. The van der Waals surface area contributed by atoms with Gasteiger partial charge in [-0.25, -0.2) is 0 Å². The van der Waals surface area contributed by atoms with Crippen LogP contribution in [0.25, 0.3) is 0 Å². The van der Waals surface area contributed by atoms with E-state index in [-0.39, 0.29) is 0 Å². The molecule has 0 bridgehead atoms. The Morgan fingerprint density at radius 2 is 1.77 bits per heavy atom. The third-order valence-electron chi connectivity index (χ3n) is 5.95. The number of hydrogen-bond donors (Lipinski definition) is 0. The van der Waals surface area contributed by atoms with Gasteiger partial charge in [-0.15, -0.1) is 0 Å². The maximum absolute atomic E-state index is 11.6. The zero-order chi connectivity index (χ0) is 15.4. The molecule has 0 spiro atoms. The fourth-order valence-electron chi connectivity index (χ4n) is 4.60. The minimum Gasteiger partial charge on any atom is -0.345 e. The van der Waals surface area contributed by atoms with Gasteiger partial charge in [-0.1, -0.05) is 19.3 Å². The molecule has 3 fully saturated rings. The lowest BCUT2D eigenvalue weighted by molar-refractivity contribution is -0.133. The lowest BCUT2D eigenvalue weighted by Gasteiger charge is -2.34. The van der Waals surface area contributed by atoms with E-state index in [1.165, 1.54) is 71.2 Å². The van der Waals surface area contributed by atoms with Crippen LogP contribution in [0.5, 0.6) is 0 Å². The topological polar surface area (TPSA) is 26.8 Å². The number of piperidine rings is 1. The fourth-order valence-corrected chi connectivity index (χ4v) is 4.60. The highest BCUT2D eigenvalue weighted by Gasteiger charge is 2.27. The number of hydrogen-bond acceptors (Lipinski definition) is 3. The van der Waals surface area contributed by atoms with Crippen LogP contribution in [0.3, 0.4) is 0 Å². The summed E-state index contributed by atoms with van der Waals surface area (Å²) in [6, 6.07) is 0.868. The van der Waals surface area contributed by atoms with E-state index in [2.05, 4.69) is 9.80 Å². The molecule has 0 aromatic heterocycles. The summed E-state index contributed by atoms with van der Waals surface area (Å²) in [5, 5.41) is 0. The van der Waals surface area contributed by atoms with Crippen LogP contribution in [0, 0.1) is 5.92 Å². The first-order valence-corrected chi connectivity index (χ1v) is 9.43. The second-order valence-electron chi connectivity index (χ2n) is 7.66. The largest absolute Gasteiger partial charge is 0.345 e. The van der Waals surface area contributed by atoms with Crippen molar-refractivity contribution in [3.8, 4) is 0 Å². The van der Waals surface area contributed by atoms with Crippen LogP contribution in [0.1, 0.15) is 51.4 Å². The third kappa shape index (κ3) is 4.23. The van der Waals surface area contributed by atoms with Gasteiger partial charge in [-0.3, -0.25) is 9.69 Å². The average molecular weight is 307 g/mol. The van der Waals surface area contributed by atoms with Gasteiger partial charge in [0, 0.05) is 45.7 Å². The van der Waals surface area contributed by atoms with Crippen molar-refractivity contribution < 1.29 is 4.79 Å². The summed E-state index contributed by atoms with van der Waals surface area (Å²) in [4.78, 5) is 19.0. The maximum Gasteiger partial charge on any atom is 0.222 e. The molecule has 2 saturated heterocycles. The van der Waals surface area contributed by atoms with Crippen molar-refractivity contribution in [1.29, 1.82) is 0 Å². The Hall–Kier alpha value is -0.610. The summed E-state index contributed by atoms with van der Waals surface area (Å²) >= 11 is 0. The van der Waals surface area contributed by atoms with Crippen molar-refractivity contribution in [1.82, 2.24) is 14.7 Å². The highest BCUT2D eigenvalue weighted by atomic mass is 16.2. The van der Waals surface area contributed by atoms with Crippen molar-refractivity contribution in [3.63, 3.8) is 0 Å². The van der Waals surface area contributed by atoms with Crippen LogP contribution in [-0.4, -0.2) is 73.0 Å². The monoisotopic (exact) mass is 307 g/mol. The molecule has 3 rings (SSSR count). The zero-order valence-electron chi connectivity index (χ0n) is 14.3. The first-order valence-electron chi connectivity index (χ1n) is 9.43. The number of nitrogens with zero attached hydrogens (tertiary/aromatic N) is 3. The van der Waals surface area contributed by atoms with Crippen molar-refractivity contribution in [2.24, 2.45) is 5.92 Å². The summed E-state index contributed by atoms with van der Waals surface area (Å²) in [5.41, 5.74) is 0. The Kier molecular flexibility index (Phi) is 5.75. The van der Waals surface area contributed by atoms with Gasteiger partial charge in [-0.2, -0.15) is 0 Å². The maximum atomic E-state index is 11.6. The average Bonchev–Trinajstić information content (AvgIpc) is 2.77. The third-order valence-corrected chi connectivity index (χ3v) is 5.95. The van der Waals surface area contributed by atoms with Crippen LogP contribution in [0.4, 0.5) is 0 Å². The van der Waals surface area contributed by atoms with Gasteiger partial charge in [0.1, 0.15) is 0 Å². The highest BCUT2D eigenvalue weighted by Crippen LogP contribution is 2.24. The Morgan fingerprint density at radius 3 is 2.55 bits per heavy atom.